The molecule has 1 aliphatic heterocycles. The molecule has 0 aliphatic carbocycles. The van der Waals surface area contributed by atoms with Crippen molar-refractivity contribution >= 4 is 5.82 Å². The van der Waals surface area contributed by atoms with Gasteiger partial charge in [0.05, 0.1) is 30.2 Å². The van der Waals surface area contributed by atoms with Crippen LogP contribution in [0.2, 0.25) is 0 Å². The van der Waals surface area contributed by atoms with Gasteiger partial charge in [-0.05, 0) is 26.7 Å². The maximum Gasteiger partial charge on any atom is 0.145 e. The summed E-state index contributed by atoms with van der Waals surface area (Å²) in [4.78, 5) is 11.0. The van der Waals surface area contributed by atoms with Crippen molar-refractivity contribution in [2.45, 2.75) is 32.7 Å². The van der Waals surface area contributed by atoms with E-state index in [-0.39, 0.29) is 0 Å². The summed E-state index contributed by atoms with van der Waals surface area (Å²) in [5.41, 5.74) is 1.95. The third kappa shape index (κ3) is 3.17. The molecule has 1 fully saturated rings. The summed E-state index contributed by atoms with van der Waals surface area (Å²) in [5, 5.41) is 12.1. The van der Waals surface area contributed by atoms with Gasteiger partial charge >= 0.3 is 0 Å². The standard InChI is InChI=1S/C13H19N5/c1-10-11(2)16-13(9-15-10)17-12-3-6-18(7-4-12)8-5-14/h9,12H,3-4,6-8H2,1-2H3,(H,16,17). The van der Waals surface area contributed by atoms with E-state index in [1.165, 1.54) is 0 Å². The van der Waals surface area contributed by atoms with Crippen molar-refractivity contribution in [2.24, 2.45) is 0 Å². The second-order valence-corrected chi connectivity index (χ2v) is 4.78. The molecule has 1 aliphatic rings. The zero-order valence-electron chi connectivity index (χ0n) is 11.0. The Bertz CT molecular complexity index is 443. The van der Waals surface area contributed by atoms with E-state index in [0.717, 1.165) is 43.1 Å². The number of nitrogens with zero attached hydrogens (tertiary/aromatic N) is 4. The van der Waals surface area contributed by atoms with Crippen molar-refractivity contribution in [2.75, 3.05) is 25.0 Å². The summed E-state index contributed by atoms with van der Waals surface area (Å²) in [5.74, 6) is 0.858. The lowest BCUT2D eigenvalue weighted by molar-refractivity contribution is 0.242. The average Bonchev–Trinajstić information content (AvgIpc) is 2.37. The Hall–Kier alpha value is -1.67. The molecule has 0 atom stereocenters. The minimum Gasteiger partial charge on any atom is -0.366 e. The summed E-state index contributed by atoms with van der Waals surface area (Å²) in [6.45, 7) is 6.43. The molecule has 5 heteroatoms. The first kappa shape index (κ1) is 12.8. The molecule has 1 saturated heterocycles. The normalized spacial score (nSPS) is 17.4. The highest BCUT2D eigenvalue weighted by Crippen LogP contribution is 2.15. The van der Waals surface area contributed by atoms with Crippen LogP contribution in [0, 0.1) is 25.2 Å². The number of hydrogen-bond donors (Lipinski definition) is 1. The van der Waals surface area contributed by atoms with E-state index in [0.29, 0.717) is 12.6 Å². The van der Waals surface area contributed by atoms with Crippen LogP contribution >= 0.6 is 0 Å². The Balaban J connectivity index is 1.88. The van der Waals surface area contributed by atoms with Gasteiger partial charge in [0.2, 0.25) is 0 Å². The van der Waals surface area contributed by atoms with Gasteiger partial charge in [0, 0.05) is 19.1 Å². The van der Waals surface area contributed by atoms with Gasteiger partial charge in [0.25, 0.3) is 0 Å². The fourth-order valence-corrected chi connectivity index (χ4v) is 2.16. The van der Waals surface area contributed by atoms with Gasteiger partial charge in [-0.1, -0.05) is 0 Å². The van der Waals surface area contributed by atoms with Crippen LogP contribution in [0.15, 0.2) is 6.20 Å². The average molecular weight is 245 g/mol. The lowest BCUT2D eigenvalue weighted by Gasteiger charge is -2.30. The highest BCUT2D eigenvalue weighted by molar-refractivity contribution is 5.34. The fourth-order valence-electron chi connectivity index (χ4n) is 2.16. The first-order chi connectivity index (χ1) is 8.69. The molecule has 0 spiro atoms. The summed E-state index contributed by atoms with van der Waals surface area (Å²) in [6, 6.07) is 2.64. The van der Waals surface area contributed by atoms with Crippen LogP contribution in [0.5, 0.6) is 0 Å². The van der Waals surface area contributed by atoms with Crippen molar-refractivity contribution in [3.8, 4) is 6.07 Å². The molecule has 0 aromatic carbocycles. The Kier molecular flexibility index (Phi) is 4.11. The number of hydrogen-bond acceptors (Lipinski definition) is 5. The quantitative estimate of drug-likeness (QED) is 0.817. The molecule has 0 bridgehead atoms. The molecule has 0 saturated carbocycles. The van der Waals surface area contributed by atoms with Crippen LogP contribution < -0.4 is 5.32 Å². The Morgan fingerprint density at radius 3 is 2.72 bits per heavy atom. The third-order valence-corrected chi connectivity index (χ3v) is 3.43. The number of likely N-dealkylation sites (tertiary alicyclic amines) is 1. The SMILES string of the molecule is Cc1ncc(NC2CCN(CC#N)CC2)nc1C. The van der Waals surface area contributed by atoms with Gasteiger partial charge in [-0.3, -0.25) is 9.88 Å². The Labute approximate surface area is 108 Å². The lowest BCUT2D eigenvalue weighted by atomic mass is 10.1. The highest BCUT2D eigenvalue weighted by Gasteiger charge is 2.19. The first-order valence-electron chi connectivity index (χ1n) is 6.35. The predicted octanol–water partition coefficient (Wildman–Crippen LogP) is 1.49. The van der Waals surface area contributed by atoms with E-state index in [1.807, 2.05) is 13.8 Å². The van der Waals surface area contributed by atoms with Gasteiger partial charge in [0.1, 0.15) is 5.82 Å². The van der Waals surface area contributed by atoms with Crippen LogP contribution in [0.3, 0.4) is 0 Å². The van der Waals surface area contributed by atoms with Crippen LogP contribution in [0.1, 0.15) is 24.2 Å². The molecule has 96 valence electrons. The summed E-state index contributed by atoms with van der Waals surface area (Å²) in [7, 11) is 0. The molecular formula is C13H19N5. The number of nitriles is 1. The lowest BCUT2D eigenvalue weighted by Crippen LogP contribution is -2.39. The van der Waals surface area contributed by atoms with E-state index in [1.54, 1.807) is 6.20 Å². The molecule has 18 heavy (non-hydrogen) atoms. The number of piperidine rings is 1. The minimum atomic E-state index is 0.441. The van der Waals surface area contributed by atoms with E-state index in [2.05, 4.69) is 26.3 Å². The molecule has 2 rings (SSSR count). The Morgan fingerprint density at radius 1 is 1.39 bits per heavy atom. The molecule has 1 N–H and O–H groups in total. The smallest absolute Gasteiger partial charge is 0.145 e. The number of rotatable bonds is 3. The number of aryl methyl sites for hydroxylation is 2. The molecule has 5 nitrogen and oxygen atoms in total. The zero-order chi connectivity index (χ0) is 13.0. The molecule has 0 amide bonds. The molecule has 0 radical (unpaired) electrons. The van der Waals surface area contributed by atoms with Gasteiger partial charge in [-0.2, -0.15) is 5.26 Å². The largest absolute Gasteiger partial charge is 0.366 e. The maximum atomic E-state index is 8.65. The Morgan fingerprint density at radius 2 is 2.11 bits per heavy atom. The van der Waals surface area contributed by atoms with Crippen molar-refractivity contribution in [1.82, 2.24) is 14.9 Å². The molecular weight excluding hydrogens is 226 g/mol. The molecule has 1 aromatic heterocycles. The van der Waals surface area contributed by atoms with E-state index in [9.17, 15) is 0 Å². The second kappa shape index (κ2) is 5.78. The van der Waals surface area contributed by atoms with Crippen LogP contribution in [-0.2, 0) is 0 Å². The van der Waals surface area contributed by atoms with Crippen LogP contribution in [0.25, 0.3) is 0 Å². The first-order valence-corrected chi connectivity index (χ1v) is 6.35. The fraction of sp³-hybridized carbons (Fsp3) is 0.615. The van der Waals surface area contributed by atoms with E-state index >= 15 is 0 Å². The summed E-state index contributed by atoms with van der Waals surface area (Å²) in [6.07, 6.45) is 3.90. The maximum absolute atomic E-state index is 8.65. The van der Waals surface area contributed by atoms with Gasteiger partial charge in [-0.25, -0.2) is 4.98 Å². The van der Waals surface area contributed by atoms with Gasteiger partial charge < -0.3 is 5.32 Å². The van der Waals surface area contributed by atoms with E-state index < -0.39 is 0 Å². The van der Waals surface area contributed by atoms with Crippen LogP contribution in [-0.4, -0.2) is 40.5 Å². The summed E-state index contributed by atoms with van der Waals surface area (Å²) >= 11 is 0. The monoisotopic (exact) mass is 245 g/mol. The van der Waals surface area contributed by atoms with E-state index in [4.69, 9.17) is 5.26 Å². The van der Waals surface area contributed by atoms with Gasteiger partial charge in [-0.15, -0.1) is 0 Å². The third-order valence-electron chi connectivity index (χ3n) is 3.43. The zero-order valence-corrected chi connectivity index (χ0v) is 11.0. The second-order valence-electron chi connectivity index (χ2n) is 4.78. The number of aromatic nitrogens is 2. The summed E-state index contributed by atoms with van der Waals surface area (Å²) < 4.78 is 0. The topological polar surface area (TPSA) is 64.8 Å². The van der Waals surface area contributed by atoms with Crippen molar-refractivity contribution < 1.29 is 0 Å². The van der Waals surface area contributed by atoms with Crippen molar-refractivity contribution in [3.05, 3.63) is 17.6 Å². The highest BCUT2D eigenvalue weighted by atomic mass is 15.1. The predicted molar refractivity (Wildman–Crippen MR) is 70.2 cm³/mol. The van der Waals surface area contributed by atoms with Crippen molar-refractivity contribution in [3.63, 3.8) is 0 Å². The molecule has 2 heterocycles. The van der Waals surface area contributed by atoms with Crippen molar-refractivity contribution in [1.29, 1.82) is 5.26 Å². The molecule has 1 aromatic rings. The minimum absolute atomic E-state index is 0.441. The van der Waals surface area contributed by atoms with Gasteiger partial charge in [0.15, 0.2) is 0 Å². The number of nitrogens with one attached hydrogen (secondary N) is 1. The van der Waals surface area contributed by atoms with Crippen LogP contribution in [0.4, 0.5) is 5.82 Å². The number of anilines is 1. The molecule has 0 unspecified atom stereocenters.